The minimum Gasteiger partial charge on any atom is -0.383 e. The Morgan fingerprint density at radius 2 is 1.76 bits per heavy atom. The third-order valence-electron chi connectivity index (χ3n) is 7.27. The van der Waals surface area contributed by atoms with E-state index in [1.807, 2.05) is 51.1 Å². The fourth-order valence-corrected chi connectivity index (χ4v) is 4.95. The van der Waals surface area contributed by atoms with Gasteiger partial charge in [-0.3, -0.25) is 9.69 Å². The predicted octanol–water partition coefficient (Wildman–Crippen LogP) is 4.36. The summed E-state index contributed by atoms with van der Waals surface area (Å²) in [5.41, 5.74) is 11.6. The lowest BCUT2D eigenvalue weighted by Gasteiger charge is -2.26. The third kappa shape index (κ3) is 5.88. The standard InChI is InChI=1S/C31H34N8O3/c1-31(2,3)25-16-23(37-42-25)17-26(40)35-22-8-10-24(11-9-22)39-30-27(29(32)33-19-34-30)28(36-39)21-6-4-20(5-7-21)18-38-12-14-41-15-13-38/h4-11,16,19H,12-15,17-18H2,1-3H3,(H,35,40)(H2,32,33,34). The highest BCUT2D eigenvalue weighted by Crippen LogP contribution is 2.32. The Labute approximate surface area is 243 Å². The summed E-state index contributed by atoms with van der Waals surface area (Å²) < 4.78 is 12.6. The van der Waals surface area contributed by atoms with Crippen molar-refractivity contribution in [2.75, 3.05) is 37.4 Å². The van der Waals surface area contributed by atoms with E-state index >= 15 is 0 Å². The predicted molar refractivity (Wildman–Crippen MR) is 160 cm³/mol. The van der Waals surface area contributed by atoms with Gasteiger partial charge in [-0.25, -0.2) is 14.6 Å². The molecule has 1 saturated heterocycles. The number of nitrogens with two attached hydrogens (primary N) is 1. The molecule has 0 radical (unpaired) electrons. The SMILES string of the molecule is CC(C)(C)c1cc(CC(=O)Nc2ccc(-n3nc(-c4ccc(CN5CCOCC5)cc4)c4c(N)ncnc43)cc2)no1. The molecule has 0 saturated carbocycles. The Balaban J connectivity index is 1.20. The molecule has 11 heteroatoms. The van der Waals surface area contributed by atoms with E-state index in [1.54, 1.807) is 4.68 Å². The molecule has 5 aromatic rings. The van der Waals surface area contributed by atoms with Gasteiger partial charge in [-0.2, -0.15) is 5.10 Å². The van der Waals surface area contributed by atoms with Gasteiger partial charge in [-0.05, 0) is 29.8 Å². The first-order chi connectivity index (χ1) is 20.2. The molecule has 3 N–H and O–H groups in total. The van der Waals surface area contributed by atoms with Gasteiger partial charge < -0.3 is 20.3 Å². The van der Waals surface area contributed by atoms with Gasteiger partial charge in [0, 0.05) is 42.4 Å². The quantitative estimate of drug-likeness (QED) is 0.294. The number of carbonyl (C=O) groups excluding carboxylic acids is 1. The molecule has 1 aliphatic heterocycles. The van der Waals surface area contributed by atoms with E-state index in [0.29, 0.717) is 33.9 Å². The summed E-state index contributed by atoms with van der Waals surface area (Å²) in [6, 6.07) is 17.6. The third-order valence-corrected chi connectivity index (χ3v) is 7.27. The van der Waals surface area contributed by atoms with Gasteiger partial charge in [0.05, 0.1) is 36.4 Å². The normalized spacial score (nSPS) is 14.4. The van der Waals surface area contributed by atoms with E-state index in [2.05, 4.69) is 49.6 Å². The van der Waals surface area contributed by atoms with Crippen LogP contribution in [0.1, 0.15) is 37.8 Å². The summed E-state index contributed by atoms with van der Waals surface area (Å²) in [5.74, 6) is 0.930. The van der Waals surface area contributed by atoms with Crippen molar-refractivity contribution in [3.8, 4) is 16.9 Å². The molecule has 0 atom stereocenters. The van der Waals surface area contributed by atoms with Crippen LogP contribution in [-0.2, 0) is 27.9 Å². The highest BCUT2D eigenvalue weighted by Gasteiger charge is 2.21. The molecule has 4 heterocycles. The van der Waals surface area contributed by atoms with Crippen molar-refractivity contribution in [1.82, 2.24) is 29.8 Å². The molecule has 11 nitrogen and oxygen atoms in total. The summed E-state index contributed by atoms with van der Waals surface area (Å²) in [7, 11) is 0. The Morgan fingerprint density at radius 1 is 1.02 bits per heavy atom. The van der Waals surface area contributed by atoms with Crippen LogP contribution in [0.4, 0.5) is 11.5 Å². The van der Waals surface area contributed by atoms with Gasteiger partial charge in [-0.15, -0.1) is 0 Å². The van der Waals surface area contributed by atoms with Crippen molar-refractivity contribution >= 4 is 28.4 Å². The fraction of sp³-hybridized carbons (Fsp3) is 0.323. The number of hydrogen-bond acceptors (Lipinski definition) is 9. The first kappa shape index (κ1) is 27.6. The van der Waals surface area contributed by atoms with Crippen LogP contribution in [0.2, 0.25) is 0 Å². The summed E-state index contributed by atoms with van der Waals surface area (Å²) in [5, 5.41) is 12.6. The largest absolute Gasteiger partial charge is 0.383 e. The van der Waals surface area contributed by atoms with Crippen molar-refractivity contribution in [2.24, 2.45) is 0 Å². The Morgan fingerprint density at radius 3 is 2.45 bits per heavy atom. The average Bonchev–Trinajstić information content (AvgIpc) is 3.61. The van der Waals surface area contributed by atoms with Crippen LogP contribution in [0, 0.1) is 0 Å². The maximum Gasteiger partial charge on any atom is 0.230 e. The van der Waals surface area contributed by atoms with E-state index < -0.39 is 0 Å². The van der Waals surface area contributed by atoms with E-state index in [9.17, 15) is 4.79 Å². The van der Waals surface area contributed by atoms with Gasteiger partial charge in [0.2, 0.25) is 5.91 Å². The van der Waals surface area contributed by atoms with Crippen molar-refractivity contribution < 1.29 is 14.1 Å². The topological polar surface area (TPSA) is 137 Å². The first-order valence-electron chi connectivity index (χ1n) is 14.0. The van der Waals surface area contributed by atoms with Crippen LogP contribution in [0.15, 0.2) is 65.4 Å². The van der Waals surface area contributed by atoms with Crippen LogP contribution in [0.3, 0.4) is 0 Å². The van der Waals surface area contributed by atoms with Crippen LogP contribution in [-0.4, -0.2) is 62.0 Å². The summed E-state index contributed by atoms with van der Waals surface area (Å²) in [4.78, 5) is 23.8. The number of fused-ring (bicyclic) bond motifs is 1. The molecule has 1 amide bonds. The lowest BCUT2D eigenvalue weighted by atomic mass is 9.93. The van der Waals surface area contributed by atoms with Gasteiger partial charge in [-0.1, -0.05) is 50.2 Å². The van der Waals surface area contributed by atoms with Crippen LogP contribution in [0.25, 0.3) is 28.0 Å². The van der Waals surface area contributed by atoms with Crippen molar-refractivity contribution in [2.45, 2.75) is 39.2 Å². The van der Waals surface area contributed by atoms with Crippen LogP contribution in [0.5, 0.6) is 0 Å². The average molecular weight is 567 g/mol. The van der Waals surface area contributed by atoms with Crippen LogP contribution >= 0.6 is 0 Å². The highest BCUT2D eigenvalue weighted by atomic mass is 16.5. The molecule has 0 unspecified atom stereocenters. The second-order valence-corrected chi connectivity index (χ2v) is 11.5. The second-order valence-electron chi connectivity index (χ2n) is 11.5. The van der Waals surface area contributed by atoms with E-state index in [-0.39, 0.29) is 17.7 Å². The number of nitrogens with one attached hydrogen (secondary N) is 1. The maximum atomic E-state index is 12.7. The maximum absolute atomic E-state index is 12.7. The number of benzene rings is 2. The number of hydrogen-bond donors (Lipinski definition) is 2. The number of rotatable bonds is 7. The molecule has 0 spiro atoms. The molecule has 6 rings (SSSR count). The molecular formula is C31H34N8O3. The smallest absolute Gasteiger partial charge is 0.230 e. The molecule has 2 aromatic carbocycles. The minimum atomic E-state index is -0.180. The zero-order valence-corrected chi connectivity index (χ0v) is 24.0. The number of nitrogen functional groups attached to an aromatic ring is 1. The summed E-state index contributed by atoms with van der Waals surface area (Å²) in [6.07, 6.45) is 1.56. The molecule has 0 bridgehead atoms. The number of ether oxygens (including phenoxy) is 1. The Kier molecular flexibility index (Phi) is 7.44. The summed E-state index contributed by atoms with van der Waals surface area (Å²) >= 11 is 0. The first-order valence-corrected chi connectivity index (χ1v) is 14.0. The van der Waals surface area contributed by atoms with E-state index in [0.717, 1.165) is 49.9 Å². The van der Waals surface area contributed by atoms with Gasteiger partial charge in [0.1, 0.15) is 23.6 Å². The Bertz CT molecular complexity index is 1700. The highest BCUT2D eigenvalue weighted by molar-refractivity contribution is 5.99. The number of anilines is 2. The second kappa shape index (κ2) is 11.3. The number of nitrogens with zero attached hydrogens (tertiary/aromatic N) is 6. The van der Waals surface area contributed by atoms with Crippen molar-refractivity contribution in [3.63, 3.8) is 0 Å². The Hall–Kier alpha value is -4.61. The molecule has 216 valence electrons. The van der Waals surface area contributed by atoms with E-state index in [1.165, 1.54) is 11.9 Å². The number of morpholine rings is 1. The van der Waals surface area contributed by atoms with Crippen molar-refractivity contribution in [1.29, 1.82) is 0 Å². The van der Waals surface area contributed by atoms with Gasteiger partial charge in [0.15, 0.2) is 5.65 Å². The minimum absolute atomic E-state index is 0.121. The van der Waals surface area contributed by atoms with Gasteiger partial charge in [0.25, 0.3) is 0 Å². The van der Waals surface area contributed by atoms with Crippen molar-refractivity contribution in [3.05, 3.63) is 77.9 Å². The molecule has 1 fully saturated rings. The number of carbonyl (C=O) groups is 1. The molecule has 0 aliphatic carbocycles. The molecule has 42 heavy (non-hydrogen) atoms. The zero-order valence-electron chi connectivity index (χ0n) is 24.0. The van der Waals surface area contributed by atoms with Crippen LogP contribution < -0.4 is 11.1 Å². The fourth-order valence-electron chi connectivity index (χ4n) is 4.95. The summed E-state index contributed by atoms with van der Waals surface area (Å²) in [6.45, 7) is 10.4. The monoisotopic (exact) mass is 566 g/mol. The molecule has 1 aliphatic rings. The van der Waals surface area contributed by atoms with E-state index in [4.69, 9.17) is 20.1 Å². The zero-order chi connectivity index (χ0) is 29.3. The molecule has 3 aromatic heterocycles. The lowest BCUT2D eigenvalue weighted by molar-refractivity contribution is -0.115. The number of amides is 1. The van der Waals surface area contributed by atoms with Gasteiger partial charge >= 0.3 is 0 Å². The molecular weight excluding hydrogens is 532 g/mol. The number of aromatic nitrogens is 5. The lowest BCUT2D eigenvalue weighted by Crippen LogP contribution is -2.35.